The Morgan fingerprint density at radius 3 is 2.58 bits per heavy atom. The van der Waals surface area contributed by atoms with Gasteiger partial charge < -0.3 is 15.0 Å². The van der Waals surface area contributed by atoms with Crippen molar-refractivity contribution in [2.24, 2.45) is 4.99 Å². The number of esters is 1. The van der Waals surface area contributed by atoms with Crippen LogP contribution in [-0.2, 0) is 14.3 Å². The lowest BCUT2D eigenvalue weighted by atomic mass is 9.96. The average Bonchev–Trinajstić information content (AvgIpc) is 3.36. The van der Waals surface area contributed by atoms with Crippen molar-refractivity contribution < 1.29 is 14.3 Å². The van der Waals surface area contributed by atoms with Crippen molar-refractivity contribution in [3.63, 3.8) is 0 Å². The number of hydrogen-bond donors (Lipinski definition) is 1. The van der Waals surface area contributed by atoms with Gasteiger partial charge in [-0.25, -0.2) is 9.79 Å². The Bertz CT molecular complexity index is 1110. The average molecular weight is 454 g/mol. The summed E-state index contributed by atoms with van der Waals surface area (Å²) in [6.45, 7) is 5.83. The fourth-order valence-corrected chi connectivity index (χ4v) is 5.55. The van der Waals surface area contributed by atoms with Gasteiger partial charge >= 0.3 is 5.97 Å². The predicted octanol–water partition coefficient (Wildman–Crippen LogP) is 5.14. The number of aryl methyl sites for hydroxylation is 2. The van der Waals surface area contributed by atoms with E-state index in [9.17, 15) is 9.59 Å². The summed E-state index contributed by atoms with van der Waals surface area (Å²) in [5.74, 6) is -0.527. The topological polar surface area (TPSA) is 71.0 Å². The molecule has 160 valence electrons. The van der Waals surface area contributed by atoms with Crippen LogP contribution in [0.5, 0.6) is 0 Å². The minimum atomic E-state index is -0.410. The van der Waals surface area contributed by atoms with Gasteiger partial charge in [-0.15, -0.1) is 0 Å². The maximum atomic E-state index is 12.9. The van der Waals surface area contributed by atoms with Gasteiger partial charge in [-0.3, -0.25) is 4.79 Å². The van der Waals surface area contributed by atoms with Gasteiger partial charge in [0.25, 0.3) is 0 Å². The van der Waals surface area contributed by atoms with E-state index in [0.29, 0.717) is 11.3 Å². The third-order valence-electron chi connectivity index (χ3n) is 5.11. The van der Waals surface area contributed by atoms with Gasteiger partial charge in [-0.2, -0.15) is 11.3 Å². The highest BCUT2D eigenvalue weighted by Crippen LogP contribution is 2.45. The molecule has 0 saturated heterocycles. The molecule has 0 radical (unpaired) electrons. The largest absolute Gasteiger partial charge is 0.466 e. The number of aliphatic imine (C=N–C) groups is 1. The van der Waals surface area contributed by atoms with Crippen LogP contribution < -0.4 is 5.32 Å². The lowest BCUT2D eigenvalue weighted by molar-refractivity contribution is -0.136. The molecule has 1 unspecified atom stereocenters. The molecular formula is C23H23N3O3S2. The number of amides is 1. The van der Waals surface area contributed by atoms with Crippen LogP contribution in [0.2, 0.25) is 0 Å². The van der Waals surface area contributed by atoms with E-state index in [2.05, 4.69) is 16.4 Å². The third kappa shape index (κ3) is 4.31. The Morgan fingerprint density at radius 1 is 1.19 bits per heavy atom. The van der Waals surface area contributed by atoms with Crippen LogP contribution in [-0.4, -0.2) is 29.1 Å². The normalized spacial score (nSPS) is 17.8. The molecule has 31 heavy (non-hydrogen) atoms. The van der Waals surface area contributed by atoms with E-state index in [4.69, 9.17) is 4.74 Å². The first-order chi connectivity index (χ1) is 14.9. The monoisotopic (exact) mass is 453 g/mol. The second kappa shape index (κ2) is 8.72. The Morgan fingerprint density at radius 2 is 1.94 bits per heavy atom. The van der Waals surface area contributed by atoms with Gasteiger partial charge in [-0.1, -0.05) is 17.8 Å². The van der Waals surface area contributed by atoms with Crippen molar-refractivity contribution in [2.75, 3.05) is 12.4 Å². The molecule has 0 saturated carbocycles. The number of anilines is 1. The number of amidine groups is 1. The van der Waals surface area contributed by atoms with Crippen LogP contribution in [0.15, 0.2) is 62.4 Å². The second-order valence-corrected chi connectivity index (χ2v) is 9.16. The minimum Gasteiger partial charge on any atom is -0.466 e. The summed E-state index contributed by atoms with van der Waals surface area (Å²) >= 11 is 3.03. The predicted molar refractivity (Wildman–Crippen MR) is 126 cm³/mol. The number of fused-ring (bicyclic) bond motifs is 1. The van der Waals surface area contributed by atoms with E-state index in [1.807, 2.05) is 60.0 Å². The lowest BCUT2D eigenvalue weighted by Gasteiger charge is -2.35. The Labute approximate surface area is 189 Å². The third-order valence-corrected chi connectivity index (χ3v) is 6.70. The highest BCUT2D eigenvalue weighted by molar-refractivity contribution is 8.16. The van der Waals surface area contributed by atoms with E-state index in [0.717, 1.165) is 33.2 Å². The molecule has 1 N–H and O–H groups in total. The zero-order valence-corrected chi connectivity index (χ0v) is 19.4. The quantitative estimate of drug-likeness (QED) is 0.635. The van der Waals surface area contributed by atoms with Crippen LogP contribution >= 0.6 is 23.1 Å². The number of carbonyl (C=O) groups excluding carboxylic acids is 2. The van der Waals surface area contributed by atoms with E-state index in [-0.39, 0.29) is 18.4 Å². The molecular weight excluding hydrogens is 430 g/mol. The molecule has 0 fully saturated rings. The zero-order chi connectivity index (χ0) is 22.1. The molecule has 8 heteroatoms. The number of methoxy groups -OCH3 is 1. The van der Waals surface area contributed by atoms with Gasteiger partial charge in [0.05, 0.1) is 30.8 Å². The maximum absolute atomic E-state index is 12.9. The number of allylic oxidation sites excluding steroid dienone is 1. The van der Waals surface area contributed by atoms with Crippen LogP contribution in [0.1, 0.15) is 36.1 Å². The summed E-state index contributed by atoms with van der Waals surface area (Å²) in [5.41, 5.74) is 5.87. The number of rotatable bonds is 5. The van der Waals surface area contributed by atoms with Gasteiger partial charge in [0.1, 0.15) is 0 Å². The van der Waals surface area contributed by atoms with Gasteiger partial charge in [0.15, 0.2) is 5.17 Å². The summed E-state index contributed by atoms with van der Waals surface area (Å²) in [6, 6.07) is 7.58. The molecule has 1 aromatic carbocycles. The van der Waals surface area contributed by atoms with E-state index in [1.165, 1.54) is 18.9 Å². The van der Waals surface area contributed by atoms with Gasteiger partial charge in [-0.05, 0) is 71.8 Å². The summed E-state index contributed by atoms with van der Waals surface area (Å²) in [5, 5.41) is 9.68. The summed E-state index contributed by atoms with van der Waals surface area (Å²) in [7, 11) is 1.37. The van der Waals surface area contributed by atoms with Crippen LogP contribution in [0.4, 0.5) is 5.69 Å². The van der Waals surface area contributed by atoms with Crippen molar-refractivity contribution in [3.8, 4) is 0 Å². The van der Waals surface area contributed by atoms with Crippen LogP contribution in [0.25, 0.3) is 0 Å². The number of ether oxygens (including phenoxy) is 1. The fraction of sp³-hybridized carbons (Fsp3) is 0.261. The molecule has 1 atom stereocenters. The van der Waals surface area contributed by atoms with Crippen molar-refractivity contribution >= 4 is 45.8 Å². The molecule has 2 aromatic rings. The summed E-state index contributed by atoms with van der Waals surface area (Å²) < 4.78 is 5.06. The molecule has 2 aliphatic rings. The minimum absolute atomic E-state index is 0.118. The number of thiophene rings is 1. The Hall–Kier alpha value is -2.84. The molecule has 3 heterocycles. The smallest absolute Gasteiger partial charge is 0.338 e. The Kier molecular flexibility index (Phi) is 6.02. The molecule has 0 aliphatic carbocycles. The summed E-state index contributed by atoms with van der Waals surface area (Å²) in [6.07, 6.45) is 0.174. The van der Waals surface area contributed by atoms with E-state index >= 15 is 0 Å². The van der Waals surface area contributed by atoms with Gasteiger partial charge in [0.2, 0.25) is 5.91 Å². The molecule has 0 spiro atoms. The van der Waals surface area contributed by atoms with Crippen LogP contribution in [0.3, 0.4) is 0 Å². The first-order valence-corrected chi connectivity index (χ1v) is 11.6. The second-order valence-electron chi connectivity index (χ2n) is 7.54. The van der Waals surface area contributed by atoms with Crippen molar-refractivity contribution in [2.45, 2.75) is 33.2 Å². The number of carbonyl (C=O) groups is 2. The number of nitrogens with one attached hydrogen (secondary N) is 1. The molecule has 1 amide bonds. The number of benzene rings is 1. The molecule has 4 rings (SSSR count). The van der Waals surface area contributed by atoms with Crippen LogP contribution in [0, 0.1) is 13.8 Å². The number of hydrogen-bond acceptors (Lipinski definition) is 7. The van der Waals surface area contributed by atoms with Crippen molar-refractivity contribution in [3.05, 3.63) is 74.1 Å². The highest BCUT2D eigenvalue weighted by atomic mass is 32.2. The standard InChI is InChI=1S/C23H23N3O3S2/c1-13-7-14(2)9-17(8-13)25-19(27)10-18-12-31-23-24-15(3)20(22(28)29-4)21(26(18)23)16-5-6-30-11-16/h5-9,11-12,21H,10H2,1-4H3,(H,25,27). The van der Waals surface area contributed by atoms with Gasteiger partial charge in [0, 0.05) is 11.4 Å². The Balaban J connectivity index is 1.62. The highest BCUT2D eigenvalue weighted by Gasteiger charge is 2.41. The SMILES string of the molecule is COC(=O)C1=C(C)N=C2SC=C(CC(=O)Nc3cc(C)cc(C)c3)N2C1c1ccsc1. The summed E-state index contributed by atoms with van der Waals surface area (Å²) in [4.78, 5) is 32.1. The van der Waals surface area contributed by atoms with E-state index < -0.39 is 5.97 Å². The first kappa shape index (κ1) is 21.4. The van der Waals surface area contributed by atoms with Crippen molar-refractivity contribution in [1.29, 1.82) is 0 Å². The molecule has 1 aromatic heterocycles. The molecule has 2 aliphatic heterocycles. The first-order valence-electron chi connectivity index (χ1n) is 9.80. The fourth-order valence-electron chi connectivity index (χ4n) is 3.90. The van der Waals surface area contributed by atoms with Crippen molar-refractivity contribution in [1.82, 2.24) is 4.90 Å². The number of nitrogens with zero attached hydrogens (tertiary/aromatic N) is 2. The number of thioether (sulfide) groups is 1. The zero-order valence-electron chi connectivity index (χ0n) is 17.8. The maximum Gasteiger partial charge on any atom is 0.338 e. The molecule has 6 nitrogen and oxygen atoms in total. The van der Waals surface area contributed by atoms with E-state index in [1.54, 1.807) is 11.3 Å². The lowest BCUT2D eigenvalue weighted by Crippen LogP contribution is -2.37. The molecule has 0 bridgehead atoms.